The van der Waals surface area contributed by atoms with E-state index in [1.807, 2.05) is 22.8 Å². The first-order valence-corrected chi connectivity index (χ1v) is 10.4. The number of nitrogens with zero attached hydrogens (tertiary/aromatic N) is 3. The fourth-order valence-corrected chi connectivity index (χ4v) is 4.23. The first kappa shape index (κ1) is 20.5. The summed E-state index contributed by atoms with van der Waals surface area (Å²) < 4.78 is 18.0. The van der Waals surface area contributed by atoms with Crippen molar-refractivity contribution in [2.24, 2.45) is 0 Å². The maximum absolute atomic E-state index is 11.9. The Hall–Kier alpha value is -2.80. The third-order valence-electron chi connectivity index (χ3n) is 5.90. The van der Waals surface area contributed by atoms with Gasteiger partial charge in [-0.25, -0.2) is 0 Å². The number of carbonyl (C=O) groups excluding carboxylic acids is 1. The Morgan fingerprint density at radius 1 is 1.30 bits per heavy atom. The van der Waals surface area contributed by atoms with Gasteiger partial charge in [0.25, 0.3) is 0 Å². The molecule has 30 heavy (non-hydrogen) atoms. The van der Waals surface area contributed by atoms with E-state index in [-0.39, 0.29) is 18.6 Å². The average molecular weight is 412 g/mol. The van der Waals surface area contributed by atoms with Crippen molar-refractivity contribution in [2.75, 3.05) is 20.8 Å². The van der Waals surface area contributed by atoms with E-state index in [2.05, 4.69) is 36.2 Å². The summed E-state index contributed by atoms with van der Waals surface area (Å²) in [5, 5.41) is 5.33. The molecule has 1 aromatic carbocycles. The molecule has 0 saturated carbocycles. The third kappa shape index (κ3) is 3.94. The molecular formula is C23H29N3O4. The summed E-state index contributed by atoms with van der Waals surface area (Å²) in [4.78, 5) is 14.3. The van der Waals surface area contributed by atoms with Gasteiger partial charge in [0.2, 0.25) is 0 Å². The fourth-order valence-electron chi connectivity index (χ4n) is 4.23. The molecule has 0 radical (unpaired) electrons. The van der Waals surface area contributed by atoms with Gasteiger partial charge in [-0.1, -0.05) is 19.0 Å². The number of carbonyl (C=O) groups is 1. The van der Waals surface area contributed by atoms with E-state index in [1.54, 1.807) is 7.11 Å². The van der Waals surface area contributed by atoms with E-state index in [9.17, 15) is 4.79 Å². The zero-order valence-electron chi connectivity index (χ0n) is 18.1. The lowest BCUT2D eigenvalue weighted by atomic mass is 10.1. The van der Waals surface area contributed by atoms with Crippen LogP contribution in [0.2, 0.25) is 0 Å². The van der Waals surface area contributed by atoms with Crippen LogP contribution in [-0.4, -0.2) is 41.4 Å². The molecule has 7 heteroatoms. The van der Waals surface area contributed by atoms with Gasteiger partial charge in [0, 0.05) is 29.7 Å². The molecule has 4 rings (SSSR count). The lowest BCUT2D eigenvalue weighted by Gasteiger charge is -2.22. The Balaban J connectivity index is 1.65. The third-order valence-corrected chi connectivity index (χ3v) is 5.90. The van der Waals surface area contributed by atoms with Crippen LogP contribution in [-0.2, 0) is 22.6 Å². The van der Waals surface area contributed by atoms with Crippen molar-refractivity contribution in [3.05, 3.63) is 47.5 Å². The van der Waals surface area contributed by atoms with E-state index in [0.29, 0.717) is 5.92 Å². The van der Waals surface area contributed by atoms with Gasteiger partial charge in [-0.3, -0.25) is 9.69 Å². The minimum atomic E-state index is -0.267. The van der Waals surface area contributed by atoms with Gasteiger partial charge in [-0.15, -0.1) is 0 Å². The Morgan fingerprint density at radius 3 is 2.83 bits per heavy atom. The molecule has 0 spiro atoms. The van der Waals surface area contributed by atoms with E-state index >= 15 is 0 Å². The second-order valence-electron chi connectivity index (χ2n) is 8.18. The number of likely N-dealkylation sites (tertiary alicyclic amines) is 1. The Morgan fingerprint density at radius 2 is 2.13 bits per heavy atom. The van der Waals surface area contributed by atoms with Crippen molar-refractivity contribution in [3.63, 3.8) is 0 Å². The number of fused-ring (bicyclic) bond motifs is 1. The normalized spacial score (nSPS) is 17.2. The summed E-state index contributed by atoms with van der Waals surface area (Å²) in [6.07, 6.45) is 4.22. The lowest BCUT2D eigenvalue weighted by Crippen LogP contribution is -2.22. The molecule has 0 amide bonds. The number of ether oxygens (including phenoxy) is 2. The zero-order valence-corrected chi connectivity index (χ0v) is 18.1. The van der Waals surface area contributed by atoms with E-state index in [0.717, 1.165) is 59.6 Å². The quantitative estimate of drug-likeness (QED) is 0.541. The van der Waals surface area contributed by atoms with Gasteiger partial charge in [0.05, 0.1) is 26.0 Å². The number of benzene rings is 1. The molecule has 0 N–H and O–H groups in total. The Bertz CT molecular complexity index is 1040. The molecular weight excluding hydrogens is 382 g/mol. The molecule has 3 heterocycles. The molecule has 1 aliphatic rings. The smallest absolute Gasteiger partial charge is 0.325 e. The van der Waals surface area contributed by atoms with Crippen molar-refractivity contribution < 1.29 is 18.8 Å². The van der Waals surface area contributed by atoms with Crippen molar-refractivity contribution >= 4 is 16.9 Å². The minimum absolute atomic E-state index is 0.183. The highest BCUT2D eigenvalue weighted by molar-refractivity contribution is 5.86. The van der Waals surface area contributed by atoms with Crippen LogP contribution in [0.4, 0.5) is 0 Å². The lowest BCUT2D eigenvalue weighted by molar-refractivity contribution is -0.141. The minimum Gasteiger partial charge on any atom is -0.497 e. The van der Waals surface area contributed by atoms with Crippen LogP contribution in [0.25, 0.3) is 10.9 Å². The fraction of sp³-hybridized carbons (Fsp3) is 0.478. The second kappa shape index (κ2) is 8.52. The van der Waals surface area contributed by atoms with Gasteiger partial charge >= 0.3 is 5.97 Å². The number of methoxy groups -OCH3 is 2. The predicted octanol–water partition coefficient (Wildman–Crippen LogP) is 4.27. The van der Waals surface area contributed by atoms with Crippen molar-refractivity contribution in [1.82, 2.24) is 14.6 Å². The highest BCUT2D eigenvalue weighted by Gasteiger charge is 2.30. The number of aromatic nitrogens is 2. The highest BCUT2D eigenvalue weighted by atomic mass is 16.5. The molecule has 1 fully saturated rings. The highest BCUT2D eigenvalue weighted by Crippen LogP contribution is 2.36. The molecule has 0 unspecified atom stereocenters. The second-order valence-corrected chi connectivity index (χ2v) is 8.18. The van der Waals surface area contributed by atoms with Gasteiger partial charge in [-0.05, 0) is 49.1 Å². The van der Waals surface area contributed by atoms with Crippen LogP contribution in [0.15, 0.2) is 35.0 Å². The van der Waals surface area contributed by atoms with Crippen molar-refractivity contribution in [1.29, 1.82) is 0 Å². The number of esters is 1. The van der Waals surface area contributed by atoms with Crippen LogP contribution in [0.1, 0.15) is 55.7 Å². The van der Waals surface area contributed by atoms with Gasteiger partial charge in [0.15, 0.2) is 5.76 Å². The summed E-state index contributed by atoms with van der Waals surface area (Å²) >= 11 is 0. The molecule has 1 atom stereocenters. The summed E-state index contributed by atoms with van der Waals surface area (Å²) in [6.45, 7) is 6.19. The first-order chi connectivity index (χ1) is 14.5. The molecule has 2 aromatic heterocycles. The standard InChI is InChI=1S/C23H29N3O4/c1-15(2)19-11-22(30-24-19)21-6-5-9-25(21)12-16-13-26(14-23(27)29-4)20-8-7-17(28-3)10-18(16)20/h7-8,10-11,13,15,21H,5-6,9,12,14H2,1-4H3/t21-/m1/s1. The molecule has 160 valence electrons. The van der Waals surface area contributed by atoms with Crippen LogP contribution in [0.5, 0.6) is 5.75 Å². The summed E-state index contributed by atoms with van der Waals surface area (Å²) in [6, 6.07) is 8.26. The Labute approximate surface area is 176 Å². The molecule has 0 aliphatic carbocycles. The van der Waals surface area contributed by atoms with Gasteiger partial charge < -0.3 is 18.6 Å². The van der Waals surface area contributed by atoms with Gasteiger partial charge in [-0.2, -0.15) is 0 Å². The van der Waals surface area contributed by atoms with Crippen LogP contribution in [0.3, 0.4) is 0 Å². The maximum atomic E-state index is 11.9. The molecule has 0 bridgehead atoms. The van der Waals surface area contributed by atoms with Crippen molar-refractivity contribution in [2.45, 2.75) is 51.7 Å². The average Bonchev–Trinajstić information content (AvgIpc) is 3.47. The van der Waals surface area contributed by atoms with E-state index in [1.165, 1.54) is 7.11 Å². The first-order valence-electron chi connectivity index (χ1n) is 10.4. The summed E-state index contributed by atoms with van der Waals surface area (Å²) in [5.41, 5.74) is 3.15. The molecule has 1 aliphatic heterocycles. The summed E-state index contributed by atoms with van der Waals surface area (Å²) in [7, 11) is 3.08. The summed E-state index contributed by atoms with van der Waals surface area (Å²) in [5.74, 6) is 1.82. The van der Waals surface area contributed by atoms with Crippen LogP contribution in [0, 0.1) is 0 Å². The molecule has 3 aromatic rings. The van der Waals surface area contributed by atoms with Crippen molar-refractivity contribution in [3.8, 4) is 5.75 Å². The maximum Gasteiger partial charge on any atom is 0.325 e. The number of hydrogen-bond acceptors (Lipinski definition) is 6. The number of hydrogen-bond donors (Lipinski definition) is 0. The molecule has 7 nitrogen and oxygen atoms in total. The SMILES string of the molecule is COC(=O)Cn1cc(CN2CCC[C@@H]2c2cc(C(C)C)no2)c2cc(OC)ccc21. The Kier molecular flexibility index (Phi) is 5.81. The van der Waals surface area contributed by atoms with E-state index in [4.69, 9.17) is 14.0 Å². The van der Waals surface area contributed by atoms with Crippen LogP contribution < -0.4 is 4.74 Å². The number of rotatable bonds is 7. The van der Waals surface area contributed by atoms with Crippen LogP contribution >= 0.6 is 0 Å². The monoisotopic (exact) mass is 411 g/mol. The topological polar surface area (TPSA) is 69.7 Å². The molecule has 1 saturated heterocycles. The van der Waals surface area contributed by atoms with E-state index < -0.39 is 0 Å². The predicted molar refractivity (Wildman–Crippen MR) is 113 cm³/mol. The van der Waals surface area contributed by atoms with Gasteiger partial charge in [0.1, 0.15) is 12.3 Å². The largest absolute Gasteiger partial charge is 0.497 e. The zero-order chi connectivity index (χ0) is 21.3.